The van der Waals surface area contributed by atoms with Gasteiger partial charge in [0.1, 0.15) is 0 Å². The van der Waals surface area contributed by atoms with Gasteiger partial charge in [0, 0.05) is 62.1 Å². The largest absolute Gasteiger partial charge is 0.370 e. The summed E-state index contributed by atoms with van der Waals surface area (Å²) in [5.74, 6) is 0.432. The highest BCUT2D eigenvalue weighted by Crippen LogP contribution is 2.45. The number of nitrogens with one attached hydrogen (secondary N) is 1. The Kier molecular flexibility index (Phi) is 5.43. The zero-order valence-corrected chi connectivity index (χ0v) is 17.7. The van der Waals surface area contributed by atoms with Gasteiger partial charge in [0.2, 0.25) is 0 Å². The van der Waals surface area contributed by atoms with Gasteiger partial charge in [-0.2, -0.15) is 0 Å². The fourth-order valence-corrected chi connectivity index (χ4v) is 5.07. The minimum Gasteiger partial charge on any atom is -0.370 e. The van der Waals surface area contributed by atoms with Crippen LogP contribution in [0.4, 0.5) is 5.69 Å². The first-order valence-corrected chi connectivity index (χ1v) is 11.0. The van der Waals surface area contributed by atoms with Crippen LogP contribution in [0.2, 0.25) is 0 Å². The number of carbonyl (C=O) groups excluding carboxylic acids is 1. The highest BCUT2D eigenvalue weighted by Gasteiger charge is 2.53. The maximum atomic E-state index is 12.6. The van der Waals surface area contributed by atoms with Crippen LogP contribution in [0, 0.1) is 11.3 Å². The number of pyridine rings is 1. The standard InChI is InChI=1S/C26H28N4O/c31-25(21-9-3-1-4-10-21)28-15-22-16-29(17-23-11-7-8-14-27-23)18-26(22)19-30(20-26)24-12-5-2-6-13-24/h1-14,22H,15-20H2,(H,28,31). The predicted octanol–water partition coefficient (Wildman–Crippen LogP) is 3.45. The first-order chi connectivity index (χ1) is 15.2. The Bertz CT molecular complexity index is 1000. The topological polar surface area (TPSA) is 48.5 Å². The second-order valence-electron chi connectivity index (χ2n) is 8.82. The number of anilines is 1. The molecule has 158 valence electrons. The molecule has 1 N–H and O–H groups in total. The molecule has 5 nitrogen and oxygen atoms in total. The summed E-state index contributed by atoms with van der Waals surface area (Å²) < 4.78 is 0. The first kappa shape index (κ1) is 19.8. The van der Waals surface area contributed by atoms with Crippen molar-refractivity contribution in [1.29, 1.82) is 0 Å². The Morgan fingerprint density at radius 1 is 0.935 bits per heavy atom. The van der Waals surface area contributed by atoms with Gasteiger partial charge in [-0.1, -0.05) is 42.5 Å². The van der Waals surface area contributed by atoms with Crippen LogP contribution in [-0.2, 0) is 6.54 Å². The minimum atomic E-state index is 0.0122. The quantitative estimate of drug-likeness (QED) is 0.674. The van der Waals surface area contributed by atoms with E-state index in [0.29, 0.717) is 12.5 Å². The number of hydrogen-bond acceptors (Lipinski definition) is 4. The molecule has 2 aromatic carbocycles. The lowest BCUT2D eigenvalue weighted by atomic mass is 9.71. The molecule has 3 aromatic rings. The number of likely N-dealkylation sites (tertiary alicyclic amines) is 1. The molecule has 2 fully saturated rings. The van der Waals surface area contributed by atoms with E-state index in [2.05, 4.69) is 56.5 Å². The van der Waals surface area contributed by atoms with Crippen LogP contribution < -0.4 is 10.2 Å². The molecule has 3 heterocycles. The number of benzene rings is 2. The molecule has 1 unspecified atom stereocenters. The molecule has 2 aliphatic heterocycles. The van der Waals surface area contributed by atoms with Crippen molar-refractivity contribution < 1.29 is 4.79 Å². The lowest BCUT2D eigenvalue weighted by Gasteiger charge is -2.52. The molecule has 0 aliphatic carbocycles. The third-order valence-corrected chi connectivity index (χ3v) is 6.67. The third kappa shape index (κ3) is 4.19. The van der Waals surface area contributed by atoms with E-state index in [1.165, 1.54) is 5.69 Å². The lowest BCUT2D eigenvalue weighted by molar-refractivity contribution is 0.0923. The number of nitrogens with zero attached hydrogens (tertiary/aromatic N) is 3. The highest BCUT2D eigenvalue weighted by molar-refractivity contribution is 5.94. The van der Waals surface area contributed by atoms with E-state index in [9.17, 15) is 4.79 Å². The van der Waals surface area contributed by atoms with Crippen LogP contribution in [0.15, 0.2) is 85.1 Å². The molecule has 0 bridgehead atoms. The van der Waals surface area contributed by atoms with Crippen molar-refractivity contribution in [3.8, 4) is 0 Å². The number of carbonyl (C=O) groups is 1. The number of para-hydroxylation sites is 1. The Morgan fingerprint density at radius 2 is 1.65 bits per heavy atom. The summed E-state index contributed by atoms with van der Waals surface area (Å²) >= 11 is 0. The van der Waals surface area contributed by atoms with Crippen LogP contribution >= 0.6 is 0 Å². The number of amides is 1. The van der Waals surface area contributed by atoms with E-state index in [-0.39, 0.29) is 11.3 Å². The van der Waals surface area contributed by atoms with Crippen molar-refractivity contribution in [3.63, 3.8) is 0 Å². The molecule has 2 saturated heterocycles. The Hall–Kier alpha value is -3.18. The van der Waals surface area contributed by atoms with Gasteiger partial charge in [0.05, 0.1) is 5.69 Å². The summed E-state index contributed by atoms with van der Waals surface area (Å²) in [7, 11) is 0. The molecule has 31 heavy (non-hydrogen) atoms. The van der Waals surface area contributed by atoms with E-state index in [1.807, 2.05) is 48.7 Å². The molecule has 1 aromatic heterocycles. The average Bonchev–Trinajstić information content (AvgIpc) is 3.16. The first-order valence-electron chi connectivity index (χ1n) is 11.0. The molecule has 2 aliphatic rings. The monoisotopic (exact) mass is 412 g/mol. The van der Waals surface area contributed by atoms with Crippen molar-refractivity contribution in [2.45, 2.75) is 6.54 Å². The normalized spacial score (nSPS) is 19.9. The summed E-state index contributed by atoms with van der Waals surface area (Å²) in [6.07, 6.45) is 1.86. The molecule has 5 rings (SSSR count). The Morgan fingerprint density at radius 3 is 2.35 bits per heavy atom. The Balaban J connectivity index is 1.28. The third-order valence-electron chi connectivity index (χ3n) is 6.67. The van der Waals surface area contributed by atoms with Gasteiger partial charge in [-0.25, -0.2) is 0 Å². The van der Waals surface area contributed by atoms with Gasteiger partial charge in [0.15, 0.2) is 0 Å². The summed E-state index contributed by atoms with van der Waals surface area (Å²) in [5.41, 5.74) is 3.31. The maximum absolute atomic E-state index is 12.6. The van der Waals surface area contributed by atoms with Gasteiger partial charge < -0.3 is 10.2 Å². The van der Waals surface area contributed by atoms with Gasteiger partial charge in [0.25, 0.3) is 5.91 Å². The van der Waals surface area contributed by atoms with Crippen molar-refractivity contribution in [3.05, 3.63) is 96.3 Å². The second kappa shape index (κ2) is 8.52. The molecular formula is C26H28N4O. The van der Waals surface area contributed by atoms with Gasteiger partial charge in [-0.3, -0.25) is 14.7 Å². The maximum Gasteiger partial charge on any atom is 0.251 e. The van der Waals surface area contributed by atoms with E-state index < -0.39 is 0 Å². The van der Waals surface area contributed by atoms with Gasteiger partial charge in [-0.05, 0) is 42.3 Å². The highest BCUT2D eigenvalue weighted by atomic mass is 16.1. The fourth-order valence-electron chi connectivity index (χ4n) is 5.07. The smallest absolute Gasteiger partial charge is 0.251 e. The number of aromatic nitrogens is 1. The number of hydrogen-bond donors (Lipinski definition) is 1. The van der Waals surface area contributed by atoms with Crippen molar-refractivity contribution in [2.24, 2.45) is 11.3 Å². The van der Waals surface area contributed by atoms with E-state index in [0.717, 1.165) is 44.0 Å². The molecular weight excluding hydrogens is 384 g/mol. The SMILES string of the molecule is O=C(NCC1CN(Cc2ccccn2)CC12CN(c1ccccc1)C2)c1ccccc1. The molecule has 1 amide bonds. The lowest BCUT2D eigenvalue weighted by Crippen LogP contribution is -2.62. The van der Waals surface area contributed by atoms with E-state index in [1.54, 1.807) is 0 Å². The predicted molar refractivity (Wildman–Crippen MR) is 123 cm³/mol. The van der Waals surface area contributed by atoms with Crippen LogP contribution in [-0.4, -0.2) is 48.5 Å². The van der Waals surface area contributed by atoms with E-state index in [4.69, 9.17) is 0 Å². The van der Waals surface area contributed by atoms with Crippen LogP contribution in [0.3, 0.4) is 0 Å². The van der Waals surface area contributed by atoms with E-state index >= 15 is 0 Å². The minimum absolute atomic E-state index is 0.0122. The summed E-state index contributed by atoms with van der Waals surface area (Å²) in [6, 6.07) is 26.2. The molecule has 1 atom stereocenters. The fraction of sp³-hybridized carbons (Fsp3) is 0.308. The van der Waals surface area contributed by atoms with Crippen molar-refractivity contribution in [1.82, 2.24) is 15.2 Å². The van der Waals surface area contributed by atoms with Crippen molar-refractivity contribution >= 4 is 11.6 Å². The summed E-state index contributed by atoms with van der Waals surface area (Å²) in [4.78, 5) is 22.1. The van der Waals surface area contributed by atoms with Crippen LogP contribution in [0.25, 0.3) is 0 Å². The zero-order valence-electron chi connectivity index (χ0n) is 17.7. The zero-order chi connectivity index (χ0) is 21.1. The molecule has 0 radical (unpaired) electrons. The van der Waals surface area contributed by atoms with Crippen LogP contribution in [0.5, 0.6) is 0 Å². The molecule has 5 heteroatoms. The Labute approximate surface area is 183 Å². The van der Waals surface area contributed by atoms with Crippen molar-refractivity contribution in [2.75, 3.05) is 37.6 Å². The number of rotatable bonds is 6. The van der Waals surface area contributed by atoms with Gasteiger partial charge in [-0.15, -0.1) is 0 Å². The second-order valence-corrected chi connectivity index (χ2v) is 8.82. The molecule has 0 saturated carbocycles. The van der Waals surface area contributed by atoms with Crippen LogP contribution in [0.1, 0.15) is 16.1 Å². The molecule has 1 spiro atoms. The summed E-state index contributed by atoms with van der Waals surface area (Å²) in [6.45, 7) is 5.64. The van der Waals surface area contributed by atoms with Gasteiger partial charge >= 0.3 is 0 Å². The summed E-state index contributed by atoms with van der Waals surface area (Å²) in [5, 5.41) is 3.20. The average molecular weight is 413 g/mol.